The van der Waals surface area contributed by atoms with E-state index in [4.69, 9.17) is 9.47 Å². The van der Waals surface area contributed by atoms with Gasteiger partial charge in [0.15, 0.2) is 11.2 Å². The fourth-order valence-electron chi connectivity index (χ4n) is 5.67. The molecule has 1 spiro atoms. The number of aliphatic carboxylic acids is 1. The summed E-state index contributed by atoms with van der Waals surface area (Å²) >= 11 is 0. The van der Waals surface area contributed by atoms with Gasteiger partial charge in [0.25, 0.3) is 6.43 Å². The van der Waals surface area contributed by atoms with Crippen molar-refractivity contribution >= 4 is 21.6 Å². The van der Waals surface area contributed by atoms with Gasteiger partial charge in [-0.05, 0) is 59.9 Å². The Kier molecular flexibility index (Phi) is 6.98. The Bertz CT molecular complexity index is 1810. The van der Waals surface area contributed by atoms with Gasteiger partial charge in [0.2, 0.25) is 15.8 Å². The highest BCUT2D eigenvalue weighted by Gasteiger charge is 2.49. The van der Waals surface area contributed by atoms with E-state index in [0.29, 0.717) is 22.3 Å². The molecular formula is C29H28F2N4O6S. The average Bonchev–Trinajstić information content (AvgIpc) is 3.33. The Labute approximate surface area is 240 Å². The number of alkyl halides is 2. The third-order valence-electron chi connectivity index (χ3n) is 7.95. The van der Waals surface area contributed by atoms with Crippen LogP contribution in [-0.4, -0.2) is 63.8 Å². The van der Waals surface area contributed by atoms with Crippen LogP contribution in [-0.2, 0) is 26.1 Å². The third-order valence-corrected chi connectivity index (χ3v) is 9.78. The summed E-state index contributed by atoms with van der Waals surface area (Å²) in [5.74, 6) is -1.92. The number of benzene rings is 2. The normalized spacial score (nSPS) is 18.3. The molecule has 42 heavy (non-hydrogen) atoms. The number of pyridine rings is 1. The second kappa shape index (κ2) is 10.4. The molecule has 0 saturated carbocycles. The summed E-state index contributed by atoms with van der Waals surface area (Å²) in [5, 5.41) is 17.3. The summed E-state index contributed by atoms with van der Waals surface area (Å²) < 4.78 is 68.7. The van der Waals surface area contributed by atoms with Crippen LogP contribution in [0.5, 0.6) is 5.75 Å². The van der Waals surface area contributed by atoms with Crippen LogP contribution in [0.4, 0.5) is 8.78 Å². The number of sulfonamides is 1. The molecule has 0 amide bonds. The van der Waals surface area contributed by atoms with Crippen molar-refractivity contribution in [1.29, 1.82) is 0 Å². The smallest absolute Gasteiger partial charge is 0.304 e. The minimum Gasteiger partial charge on any atom is -0.481 e. The molecule has 0 aliphatic carbocycles. The van der Waals surface area contributed by atoms with Crippen molar-refractivity contribution in [1.82, 2.24) is 18.9 Å². The molecule has 2 aromatic heterocycles. The van der Waals surface area contributed by atoms with Gasteiger partial charge in [-0.1, -0.05) is 30.3 Å². The van der Waals surface area contributed by atoms with E-state index >= 15 is 0 Å². The first kappa shape index (κ1) is 28.2. The maximum absolute atomic E-state index is 13.8. The van der Waals surface area contributed by atoms with E-state index in [9.17, 15) is 27.1 Å². The van der Waals surface area contributed by atoms with Gasteiger partial charge in [0.05, 0.1) is 26.2 Å². The fourth-order valence-corrected chi connectivity index (χ4v) is 7.28. The lowest BCUT2D eigenvalue weighted by molar-refractivity contribution is -0.165. The van der Waals surface area contributed by atoms with E-state index in [-0.39, 0.29) is 49.0 Å². The first-order valence-electron chi connectivity index (χ1n) is 13.3. The van der Waals surface area contributed by atoms with Crippen LogP contribution < -0.4 is 4.74 Å². The van der Waals surface area contributed by atoms with Crippen LogP contribution in [0.25, 0.3) is 5.65 Å². The first-order chi connectivity index (χ1) is 20.0. The molecule has 220 valence electrons. The molecular weight excluding hydrogens is 570 g/mol. The number of rotatable bonds is 7. The predicted molar refractivity (Wildman–Crippen MR) is 146 cm³/mol. The van der Waals surface area contributed by atoms with Crippen LogP contribution in [0.15, 0.2) is 59.6 Å². The standard InChI is InChI=1S/C29H28F2N4O6S/c1-17-7-8-19(22(12-25(36)37)21-9-10-35-27(18(21)2)32-33-28(35)26(30)31)11-20(17)13-34-14-29(15-40-16-29)41-23-5-3-4-6-24(23)42(34,38)39/h3-11,22,26H,12-16H2,1-2H3,(H,36,37)/t22-/m0/s1. The zero-order valence-electron chi connectivity index (χ0n) is 22.8. The Morgan fingerprint density at radius 1 is 1.12 bits per heavy atom. The van der Waals surface area contributed by atoms with E-state index < -0.39 is 39.8 Å². The van der Waals surface area contributed by atoms with Crippen molar-refractivity contribution in [2.24, 2.45) is 0 Å². The van der Waals surface area contributed by atoms with Crippen molar-refractivity contribution in [3.63, 3.8) is 0 Å². The number of aryl methyl sites for hydroxylation is 2. The maximum Gasteiger partial charge on any atom is 0.304 e. The van der Waals surface area contributed by atoms with E-state index in [1.807, 2.05) is 19.1 Å². The molecule has 1 saturated heterocycles. The molecule has 0 bridgehead atoms. The molecule has 0 unspecified atom stereocenters. The lowest BCUT2D eigenvalue weighted by atomic mass is 9.85. The third kappa shape index (κ3) is 4.80. The molecule has 4 aromatic rings. The minimum atomic E-state index is -3.94. The summed E-state index contributed by atoms with van der Waals surface area (Å²) in [6.07, 6.45) is -1.68. The summed E-state index contributed by atoms with van der Waals surface area (Å²) in [7, 11) is -3.94. The van der Waals surface area contributed by atoms with Gasteiger partial charge in [-0.15, -0.1) is 10.2 Å². The highest BCUT2D eigenvalue weighted by molar-refractivity contribution is 7.89. The summed E-state index contributed by atoms with van der Waals surface area (Å²) in [4.78, 5) is 12.1. The lowest BCUT2D eigenvalue weighted by Crippen LogP contribution is -2.60. The molecule has 2 aliphatic rings. The van der Waals surface area contributed by atoms with Gasteiger partial charge in [-0.25, -0.2) is 17.2 Å². The molecule has 10 nitrogen and oxygen atoms in total. The van der Waals surface area contributed by atoms with Crippen molar-refractivity contribution in [2.75, 3.05) is 19.8 Å². The van der Waals surface area contributed by atoms with E-state index in [1.54, 1.807) is 37.3 Å². The topological polar surface area (TPSA) is 123 Å². The quantitative estimate of drug-likeness (QED) is 0.335. The molecule has 2 aromatic carbocycles. The number of ether oxygens (including phenoxy) is 2. The number of para-hydroxylation sites is 1. The highest BCUT2D eigenvalue weighted by Crippen LogP contribution is 2.39. The van der Waals surface area contributed by atoms with Crippen molar-refractivity contribution in [3.8, 4) is 5.75 Å². The van der Waals surface area contributed by atoms with Crippen molar-refractivity contribution in [3.05, 3.63) is 88.4 Å². The van der Waals surface area contributed by atoms with Crippen molar-refractivity contribution in [2.45, 2.75) is 49.7 Å². The number of fused-ring (bicyclic) bond motifs is 2. The van der Waals surface area contributed by atoms with Crippen LogP contribution in [0.1, 0.15) is 52.4 Å². The van der Waals surface area contributed by atoms with E-state index in [1.165, 1.54) is 21.0 Å². The average molecular weight is 599 g/mol. The minimum absolute atomic E-state index is 0.0290. The highest BCUT2D eigenvalue weighted by atomic mass is 32.2. The van der Waals surface area contributed by atoms with Gasteiger partial charge >= 0.3 is 5.97 Å². The van der Waals surface area contributed by atoms with Crippen molar-refractivity contribution < 1.29 is 36.6 Å². The Balaban J connectivity index is 1.40. The second-order valence-electron chi connectivity index (χ2n) is 10.8. The summed E-state index contributed by atoms with van der Waals surface area (Å²) in [6.45, 7) is 4.18. The lowest BCUT2D eigenvalue weighted by Gasteiger charge is -2.41. The van der Waals surface area contributed by atoms with Gasteiger partial charge in [0, 0.05) is 18.7 Å². The van der Waals surface area contributed by atoms with E-state index in [0.717, 1.165) is 5.56 Å². The zero-order valence-corrected chi connectivity index (χ0v) is 23.6. The van der Waals surface area contributed by atoms with Gasteiger partial charge in [-0.3, -0.25) is 9.20 Å². The van der Waals surface area contributed by atoms with Gasteiger partial charge in [0.1, 0.15) is 10.6 Å². The number of hydrogen-bond acceptors (Lipinski definition) is 7. The number of hydrogen-bond donors (Lipinski definition) is 1. The first-order valence-corrected chi connectivity index (χ1v) is 14.7. The fraction of sp³-hybridized carbons (Fsp3) is 0.345. The zero-order chi connectivity index (χ0) is 29.8. The molecule has 1 N–H and O–H groups in total. The maximum atomic E-state index is 13.8. The predicted octanol–water partition coefficient (Wildman–Crippen LogP) is 4.24. The Hall–Kier alpha value is -3.94. The number of carboxylic acid groups (broad SMARTS) is 1. The van der Waals surface area contributed by atoms with E-state index in [2.05, 4.69) is 10.2 Å². The van der Waals surface area contributed by atoms with Crippen LogP contribution in [0.2, 0.25) is 0 Å². The number of nitrogens with zero attached hydrogens (tertiary/aromatic N) is 4. The summed E-state index contributed by atoms with van der Waals surface area (Å²) in [6, 6.07) is 13.6. The largest absolute Gasteiger partial charge is 0.481 e. The van der Waals surface area contributed by atoms with Gasteiger partial charge < -0.3 is 14.6 Å². The molecule has 4 heterocycles. The molecule has 13 heteroatoms. The molecule has 1 atom stereocenters. The van der Waals surface area contributed by atoms with Crippen LogP contribution >= 0.6 is 0 Å². The number of halogens is 2. The van der Waals surface area contributed by atoms with Crippen LogP contribution in [0, 0.1) is 13.8 Å². The SMILES string of the molecule is Cc1ccc([C@H](CC(=O)O)c2ccn3c(C(F)F)nnc3c2C)cc1CN1CC2(COC2)Oc2ccccc2S1(=O)=O. The van der Waals surface area contributed by atoms with Crippen LogP contribution in [0.3, 0.4) is 0 Å². The number of carbonyl (C=O) groups is 1. The Morgan fingerprint density at radius 2 is 1.88 bits per heavy atom. The number of carboxylic acids is 1. The monoisotopic (exact) mass is 598 g/mol. The number of aromatic nitrogens is 3. The second-order valence-corrected chi connectivity index (χ2v) is 12.7. The molecule has 0 radical (unpaired) electrons. The molecule has 2 aliphatic heterocycles. The van der Waals surface area contributed by atoms with Gasteiger partial charge in [-0.2, -0.15) is 4.31 Å². The molecule has 6 rings (SSSR count). The summed E-state index contributed by atoms with van der Waals surface area (Å²) in [5.41, 5.74) is 2.70. The Morgan fingerprint density at radius 3 is 2.57 bits per heavy atom. The molecule has 1 fully saturated rings.